The number of hydrogen-bond donors (Lipinski definition) is 0. The largest absolute Gasteiger partial charge is 0.489 e. The zero-order valence-electron chi connectivity index (χ0n) is 27.4. The summed E-state index contributed by atoms with van der Waals surface area (Å²) in [6, 6.07) is 24.1. The van der Waals surface area contributed by atoms with Crippen LogP contribution in [-0.4, -0.2) is 52.6 Å². The van der Waals surface area contributed by atoms with Crippen molar-refractivity contribution in [1.82, 2.24) is 0 Å². The molecule has 48 heavy (non-hydrogen) atoms. The van der Waals surface area contributed by atoms with Gasteiger partial charge in [-0.05, 0) is 44.5 Å². The highest BCUT2D eigenvalue weighted by molar-refractivity contribution is 5.71. The Morgan fingerprint density at radius 1 is 0.500 bits per heavy atom. The second-order valence-electron chi connectivity index (χ2n) is 11.3. The molecule has 5 rings (SSSR count). The summed E-state index contributed by atoms with van der Waals surface area (Å²) in [7, 11) is 2.68. The van der Waals surface area contributed by atoms with Crippen LogP contribution in [-0.2, 0) is 44.7 Å². The number of methoxy groups -OCH3 is 2. The second-order valence-corrected chi connectivity index (χ2v) is 11.3. The number of hydrogen-bond acceptors (Lipinski definition) is 8. The molecule has 0 atom stereocenters. The van der Waals surface area contributed by atoms with Gasteiger partial charge in [-0.2, -0.15) is 0 Å². The lowest BCUT2D eigenvalue weighted by Crippen LogP contribution is -2.15. The van der Waals surface area contributed by atoms with Gasteiger partial charge in [-0.15, -0.1) is 0 Å². The van der Waals surface area contributed by atoms with Crippen LogP contribution in [0.2, 0.25) is 0 Å². The molecule has 0 unspecified atom stereocenters. The Hall–Kier alpha value is -5.50. The first-order valence-electron chi connectivity index (χ1n) is 15.7. The number of rotatable bonds is 12. The molecular formula is C40H40O8. The third-order valence-corrected chi connectivity index (χ3v) is 8.05. The average Bonchev–Trinajstić information content (AvgIpc) is 3.09. The molecule has 0 N–H and O–H groups in total. The molecule has 1 aliphatic carbocycles. The zero-order valence-corrected chi connectivity index (χ0v) is 27.4. The first-order chi connectivity index (χ1) is 23.4. The van der Waals surface area contributed by atoms with E-state index in [0.29, 0.717) is 50.4 Å². The summed E-state index contributed by atoms with van der Waals surface area (Å²) in [6.45, 7) is 7.87. The molecule has 8 bridgehead atoms. The molecule has 248 valence electrons. The van der Waals surface area contributed by atoms with E-state index in [1.54, 1.807) is 12.2 Å². The molecule has 4 aromatic carbocycles. The molecular weight excluding hydrogens is 608 g/mol. The van der Waals surface area contributed by atoms with E-state index in [0.717, 1.165) is 56.0 Å². The van der Waals surface area contributed by atoms with Gasteiger partial charge in [0.1, 0.15) is 36.2 Å². The molecule has 8 heteroatoms. The third-order valence-electron chi connectivity index (χ3n) is 8.05. The Morgan fingerprint density at radius 2 is 0.750 bits per heavy atom. The third kappa shape index (κ3) is 8.07. The van der Waals surface area contributed by atoms with E-state index in [9.17, 15) is 9.59 Å². The van der Waals surface area contributed by atoms with Crippen LogP contribution in [0.4, 0.5) is 0 Å². The molecule has 0 saturated carbocycles. The Bertz CT molecular complexity index is 1570. The van der Waals surface area contributed by atoms with E-state index in [4.69, 9.17) is 28.4 Å². The Balaban J connectivity index is 1.74. The van der Waals surface area contributed by atoms with E-state index in [1.807, 2.05) is 72.8 Å². The van der Waals surface area contributed by atoms with Crippen LogP contribution >= 0.6 is 0 Å². The first kappa shape index (κ1) is 33.9. The van der Waals surface area contributed by atoms with Gasteiger partial charge in [0.05, 0.1) is 14.2 Å². The van der Waals surface area contributed by atoms with E-state index < -0.39 is 11.9 Å². The topological polar surface area (TPSA) is 89.5 Å². The lowest BCUT2D eigenvalue weighted by molar-refractivity contribution is -0.143. The molecule has 0 heterocycles. The van der Waals surface area contributed by atoms with Gasteiger partial charge in [0.25, 0.3) is 0 Å². The predicted molar refractivity (Wildman–Crippen MR) is 183 cm³/mol. The smallest absolute Gasteiger partial charge is 0.343 e. The van der Waals surface area contributed by atoms with E-state index in [2.05, 4.69) is 13.2 Å². The highest BCUT2D eigenvalue weighted by atomic mass is 16.6. The number of esters is 2. The van der Waals surface area contributed by atoms with Crippen LogP contribution in [0.3, 0.4) is 0 Å². The summed E-state index contributed by atoms with van der Waals surface area (Å²) in [6.07, 6.45) is 5.30. The molecule has 0 spiro atoms. The standard InChI is InChI=1S/C40H40O8/c1-5-19-45-37-27-11-7-12-28(37)22-32-16-10-18-34(40(32)48-26-36(42)44-4)24-30-14-8-13-29(38(30)46-20-6-2)23-33-17-9-15-31(21-27)39(33)47-25-35(41)43-3/h5-18H,1-2,19-26H2,3-4H3. The zero-order chi connectivity index (χ0) is 33.9. The molecule has 8 nitrogen and oxygen atoms in total. The summed E-state index contributed by atoms with van der Waals surface area (Å²) in [5, 5.41) is 0. The number of para-hydroxylation sites is 4. The fourth-order valence-corrected chi connectivity index (χ4v) is 5.89. The summed E-state index contributed by atoms with van der Waals surface area (Å²) < 4.78 is 34.9. The van der Waals surface area contributed by atoms with Crippen LogP contribution in [0.5, 0.6) is 23.0 Å². The summed E-state index contributed by atoms with van der Waals surface area (Å²) in [4.78, 5) is 24.5. The van der Waals surface area contributed by atoms with Crippen LogP contribution in [0.15, 0.2) is 98.1 Å². The van der Waals surface area contributed by atoms with Gasteiger partial charge in [-0.25, -0.2) is 9.59 Å². The maximum Gasteiger partial charge on any atom is 0.343 e. The first-order valence-corrected chi connectivity index (χ1v) is 15.7. The van der Waals surface area contributed by atoms with Crippen molar-refractivity contribution < 1.29 is 38.0 Å². The molecule has 0 aromatic heterocycles. The summed E-state index contributed by atoms with van der Waals surface area (Å²) in [5.74, 6) is 1.72. The van der Waals surface area contributed by atoms with Crippen molar-refractivity contribution in [2.24, 2.45) is 0 Å². The lowest BCUT2D eigenvalue weighted by atomic mass is 9.91. The predicted octanol–water partition coefficient (Wildman–Crippen LogP) is 6.60. The van der Waals surface area contributed by atoms with Gasteiger partial charge in [0.2, 0.25) is 0 Å². The van der Waals surface area contributed by atoms with Crippen LogP contribution in [0.1, 0.15) is 44.5 Å². The number of carbonyl (C=O) groups excluding carboxylic acids is 2. The van der Waals surface area contributed by atoms with Gasteiger partial charge in [0.15, 0.2) is 13.2 Å². The van der Waals surface area contributed by atoms with Crippen molar-refractivity contribution in [1.29, 1.82) is 0 Å². The van der Waals surface area contributed by atoms with Crippen molar-refractivity contribution >= 4 is 11.9 Å². The average molecular weight is 649 g/mol. The number of fused-ring (bicyclic) bond motifs is 8. The maximum absolute atomic E-state index is 12.2. The normalized spacial score (nSPS) is 11.9. The Kier molecular flexibility index (Phi) is 11.5. The molecule has 1 aliphatic rings. The van der Waals surface area contributed by atoms with E-state index >= 15 is 0 Å². The Morgan fingerprint density at radius 3 is 0.979 bits per heavy atom. The van der Waals surface area contributed by atoms with Crippen molar-refractivity contribution in [3.8, 4) is 23.0 Å². The Labute approximate surface area is 281 Å². The monoisotopic (exact) mass is 648 g/mol. The highest BCUT2D eigenvalue weighted by Gasteiger charge is 2.22. The number of benzene rings is 4. The molecule has 0 aliphatic heterocycles. The molecule has 0 radical (unpaired) electrons. The van der Waals surface area contributed by atoms with Crippen molar-refractivity contribution in [3.05, 3.63) is 143 Å². The highest BCUT2D eigenvalue weighted by Crippen LogP contribution is 2.38. The van der Waals surface area contributed by atoms with Gasteiger partial charge >= 0.3 is 11.9 Å². The van der Waals surface area contributed by atoms with Crippen LogP contribution in [0.25, 0.3) is 0 Å². The van der Waals surface area contributed by atoms with Crippen molar-refractivity contribution in [3.63, 3.8) is 0 Å². The quantitative estimate of drug-likeness (QED) is 0.111. The minimum atomic E-state index is -0.474. The van der Waals surface area contributed by atoms with Gasteiger partial charge in [0, 0.05) is 25.7 Å². The second kappa shape index (κ2) is 16.4. The SMILES string of the molecule is C=CCOc1c2cccc1Cc1cccc(c1OCC(=O)OC)Cc1cccc(c1OCC=C)Cc1cccc(c1OCC(=O)OC)C2. The van der Waals surface area contributed by atoms with Gasteiger partial charge < -0.3 is 28.4 Å². The van der Waals surface area contributed by atoms with E-state index in [-0.39, 0.29) is 13.2 Å². The van der Waals surface area contributed by atoms with Gasteiger partial charge in [-0.3, -0.25) is 0 Å². The maximum atomic E-state index is 12.2. The molecule has 0 saturated heterocycles. The van der Waals surface area contributed by atoms with Crippen molar-refractivity contribution in [2.75, 3.05) is 40.6 Å². The van der Waals surface area contributed by atoms with Crippen LogP contribution < -0.4 is 18.9 Å². The fraction of sp³-hybridized carbons (Fsp3) is 0.250. The fourth-order valence-electron chi connectivity index (χ4n) is 5.89. The number of carbonyl (C=O) groups is 2. The molecule has 0 amide bonds. The summed E-state index contributed by atoms with van der Waals surface area (Å²) in [5.41, 5.74) is 7.29. The van der Waals surface area contributed by atoms with Gasteiger partial charge in [-0.1, -0.05) is 98.1 Å². The minimum Gasteiger partial charge on any atom is -0.489 e. The van der Waals surface area contributed by atoms with E-state index in [1.165, 1.54) is 14.2 Å². The van der Waals surface area contributed by atoms with Crippen molar-refractivity contribution in [2.45, 2.75) is 25.7 Å². The minimum absolute atomic E-state index is 0.233. The number of ether oxygens (including phenoxy) is 6. The van der Waals surface area contributed by atoms with Crippen LogP contribution in [0, 0.1) is 0 Å². The lowest BCUT2D eigenvalue weighted by Gasteiger charge is -2.22. The summed E-state index contributed by atoms with van der Waals surface area (Å²) >= 11 is 0. The molecule has 0 fully saturated rings. The molecule has 4 aromatic rings.